The molecule has 45 heavy (non-hydrogen) atoms. The van der Waals surface area contributed by atoms with Crippen molar-refractivity contribution in [2.75, 3.05) is 50.8 Å². The molecule has 0 N–H and O–H groups in total. The van der Waals surface area contributed by atoms with E-state index in [4.69, 9.17) is 21.3 Å². The molecule has 3 atom stereocenters. The van der Waals surface area contributed by atoms with E-state index in [1.807, 2.05) is 29.2 Å². The van der Waals surface area contributed by atoms with Crippen LogP contribution in [0.3, 0.4) is 0 Å². The first kappa shape index (κ1) is 28.4. The Hall–Kier alpha value is -4.10. The minimum absolute atomic E-state index is 0.0000351. The number of halogens is 2. The summed E-state index contributed by atoms with van der Waals surface area (Å²) in [6.07, 6.45) is 6.60. The first-order valence-electron chi connectivity index (χ1n) is 16.1. The van der Waals surface area contributed by atoms with Gasteiger partial charge in [-0.15, -0.1) is 0 Å². The van der Waals surface area contributed by atoms with Crippen LogP contribution < -0.4 is 9.64 Å². The van der Waals surface area contributed by atoms with E-state index in [1.54, 1.807) is 0 Å². The maximum atomic E-state index is 16.8. The lowest BCUT2D eigenvalue weighted by Gasteiger charge is -2.39. The predicted molar refractivity (Wildman–Crippen MR) is 167 cm³/mol. The van der Waals surface area contributed by atoms with Gasteiger partial charge in [0.25, 0.3) is 5.91 Å². The van der Waals surface area contributed by atoms with Gasteiger partial charge in [0.1, 0.15) is 24.0 Å². The van der Waals surface area contributed by atoms with Crippen molar-refractivity contribution in [1.29, 1.82) is 0 Å². The van der Waals surface area contributed by atoms with Crippen LogP contribution in [0.4, 0.5) is 14.6 Å². The fraction of sp³-hybridized carbons (Fsp3) is 0.486. The summed E-state index contributed by atoms with van der Waals surface area (Å²) in [7, 11) is 0. The highest BCUT2D eigenvalue weighted by Gasteiger charge is 2.47. The quantitative estimate of drug-likeness (QED) is 0.259. The SMILES string of the molecule is [C-]#[N+]C[C@H]1CN(c2nc(OCC34CCCN3CCC4)nc3c(F)c(-c4cccc5c4[C@H]4C[C@H]4C5)ccc23)CCN1C(=O)C(=C)F. The van der Waals surface area contributed by atoms with E-state index in [0.717, 1.165) is 57.2 Å². The third-order valence-electron chi connectivity index (χ3n) is 10.9. The van der Waals surface area contributed by atoms with Gasteiger partial charge in [-0.2, -0.15) is 9.97 Å². The van der Waals surface area contributed by atoms with E-state index >= 15 is 4.39 Å². The summed E-state index contributed by atoms with van der Waals surface area (Å²) in [6.45, 7) is 13.9. The monoisotopic (exact) mass is 610 g/mol. The molecule has 10 heteroatoms. The molecule has 1 aromatic heterocycles. The minimum Gasteiger partial charge on any atom is -0.461 e. The number of hydrogen-bond donors (Lipinski definition) is 0. The fourth-order valence-corrected chi connectivity index (χ4v) is 8.60. The summed E-state index contributed by atoms with van der Waals surface area (Å²) < 4.78 is 37.0. The molecule has 3 saturated heterocycles. The van der Waals surface area contributed by atoms with Crippen molar-refractivity contribution in [1.82, 2.24) is 19.8 Å². The van der Waals surface area contributed by atoms with Gasteiger partial charge in [0.2, 0.25) is 6.54 Å². The summed E-state index contributed by atoms with van der Waals surface area (Å²) in [6, 6.07) is 9.45. The number of piperazine rings is 1. The van der Waals surface area contributed by atoms with Crippen LogP contribution in [0.2, 0.25) is 0 Å². The maximum absolute atomic E-state index is 16.8. The Labute approximate surface area is 261 Å². The lowest BCUT2D eigenvalue weighted by molar-refractivity contribution is -0.131. The van der Waals surface area contributed by atoms with Crippen LogP contribution in [-0.4, -0.2) is 83.1 Å². The number of benzene rings is 2. The molecule has 3 aliphatic heterocycles. The maximum Gasteiger partial charge on any atom is 0.319 e. The van der Waals surface area contributed by atoms with Crippen molar-refractivity contribution in [3.8, 4) is 17.1 Å². The van der Waals surface area contributed by atoms with Crippen molar-refractivity contribution in [3.05, 3.63) is 71.1 Å². The first-order valence-corrected chi connectivity index (χ1v) is 16.1. The zero-order valence-corrected chi connectivity index (χ0v) is 25.3. The number of carbonyl (C=O) groups is 1. The molecule has 2 aliphatic carbocycles. The van der Waals surface area contributed by atoms with Crippen molar-refractivity contribution in [3.63, 3.8) is 0 Å². The lowest BCUT2D eigenvalue weighted by atomic mass is 9.93. The normalized spacial score (nSPS) is 24.7. The van der Waals surface area contributed by atoms with Crippen LogP contribution in [0, 0.1) is 18.3 Å². The summed E-state index contributed by atoms with van der Waals surface area (Å²) in [5.74, 6) is -0.582. The molecule has 1 amide bonds. The Morgan fingerprint density at radius 3 is 2.71 bits per heavy atom. The summed E-state index contributed by atoms with van der Waals surface area (Å²) in [5, 5.41) is 0.540. The van der Waals surface area contributed by atoms with E-state index in [1.165, 1.54) is 16.0 Å². The third kappa shape index (κ3) is 4.66. The number of aromatic nitrogens is 2. The minimum atomic E-state index is -1.05. The lowest BCUT2D eigenvalue weighted by Crippen LogP contribution is -2.56. The highest BCUT2D eigenvalue weighted by atomic mass is 19.1. The largest absolute Gasteiger partial charge is 0.461 e. The highest BCUT2D eigenvalue weighted by Crippen LogP contribution is 2.58. The third-order valence-corrected chi connectivity index (χ3v) is 10.9. The van der Waals surface area contributed by atoms with Gasteiger partial charge in [-0.25, -0.2) is 15.4 Å². The van der Waals surface area contributed by atoms with E-state index in [2.05, 4.69) is 22.4 Å². The van der Waals surface area contributed by atoms with Crippen molar-refractivity contribution >= 4 is 22.6 Å². The van der Waals surface area contributed by atoms with Crippen LogP contribution in [-0.2, 0) is 11.2 Å². The number of rotatable bonds is 7. The second-order valence-electron chi connectivity index (χ2n) is 13.4. The molecule has 4 heterocycles. The summed E-state index contributed by atoms with van der Waals surface area (Å²) in [4.78, 5) is 31.4. The van der Waals surface area contributed by atoms with Gasteiger partial charge < -0.3 is 19.4 Å². The summed E-state index contributed by atoms with van der Waals surface area (Å²) in [5.41, 5.74) is 4.20. The second-order valence-corrected chi connectivity index (χ2v) is 13.4. The molecule has 0 radical (unpaired) electrons. The van der Waals surface area contributed by atoms with Crippen LogP contribution in [0.15, 0.2) is 42.7 Å². The molecule has 3 aromatic rings. The van der Waals surface area contributed by atoms with Gasteiger partial charge in [-0.1, -0.05) is 30.8 Å². The van der Waals surface area contributed by atoms with Gasteiger partial charge in [0, 0.05) is 30.6 Å². The highest BCUT2D eigenvalue weighted by molar-refractivity contribution is 5.95. The molecule has 2 aromatic carbocycles. The van der Waals surface area contributed by atoms with Gasteiger partial charge in [-0.05, 0) is 86.2 Å². The van der Waals surface area contributed by atoms with Gasteiger partial charge >= 0.3 is 6.01 Å². The van der Waals surface area contributed by atoms with Crippen LogP contribution in [0.25, 0.3) is 26.9 Å². The Kier molecular flexibility index (Phi) is 6.79. The number of nitrogens with zero attached hydrogens (tertiary/aromatic N) is 6. The molecule has 232 valence electrons. The molecule has 8 nitrogen and oxygen atoms in total. The predicted octanol–water partition coefficient (Wildman–Crippen LogP) is 5.52. The Balaban J connectivity index is 1.20. The Morgan fingerprint density at radius 2 is 1.93 bits per heavy atom. The van der Waals surface area contributed by atoms with Crippen molar-refractivity contribution in [2.45, 2.75) is 56.0 Å². The fourth-order valence-electron chi connectivity index (χ4n) is 8.60. The molecule has 4 fully saturated rings. The van der Waals surface area contributed by atoms with E-state index in [-0.39, 0.29) is 36.7 Å². The van der Waals surface area contributed by atoms with Crippen LogP contribution in [0.1, 0.15) is 49.1 Å². The number of carbonyl (C=O) groups excluding carboxylic acids is 1. The zero-order chi connectivity index (χ0) is 30.9. The first-order chi connectivity index (χ1) is 21.9. The van der Waals surface area contributed by atoms with Crippen LogP contribution >= 0.6 is 0 Å². The van der Waals surface area contributed by atoms with Crippen molar-refractivity contribution < 1.29 is 18.3 Å². The second kappa shape index (κ2) is 10.8. The van der Waals surface area contributed by atoms with Crippen molar-refractivity contribution in [2.24, 2.45) is 5.92 Å². The summed E-state index contributed by atoms with van der Waals surface area (Å²) >= 11 is 0. The van der Waals surface area contributed by atoms with E-state index in [9.17, 15) is 9.18 Å². The average molecular weight is 611 g/mol. The number of ether oxygens (including phenoxy) is 1. The number of hydrogen-bond acceptors (Lipinski definition) is 6. The standard InChI is InChI=1S/C35H36F2N6O2/c1-21(36)33(44)43-15-14-41(19-24(43)18-38-2)32-27-9-8-26(25-7-3-6-22-16-23-17-28(23)29(22)25)30(37)31(27)39-34(40-32)45-20-35-10-4-12-42(35)13-5-11-35/h3,6-9,23-24,28H,1,4-5,10-20H2/t23-,24+,28+/m1/s1. The molecule has 0 unspecified atom stereocenters. The Morgan fingerprint density at radius 1 is 1.11 bits per heavy atom. The molecular formula is C35H36F2N6O2. The average Bonchev–Trinajstić information content (AvgIpc) is 3.32. The number of anilines is 1. The van der Waals surface area contributed by atoms with Gasteiger partial charge in [0.05, 0.1) is 5.54 Å². The number of amides is 1. The molecule has 0 spiro atoms. The zero-order valence-electron chi connectivity index (χ0n) is 25.3. The van der Waals surface area contributed by atoms with E-state index < -0.39 is 23.6 Å². The molecule has 0 bridgehead atoms. The topological polar surface area (TPSA) is 66.2 Å². The van der Waals surface area contributed by atoms with E-state index in [0.29, 0.717) is 41.8 Å². The van der Waals surface area contributed by atoms with Gasteiger partial charge in [-0.3, -0.25) is 9.69 Å². The number of fused-ring (bicyclic) bond motifs is 5. The smallest absolute Gasteiger partial charge is 0.319 e. The molecule has 8 rings (SSSR count). The molecule has 5 aliphatic rings. The van der Waals surface area contributed by atoms with Gasteiger partial charge in [0.15, 0.2) is 11.6 Å². The molecule has 1 saturated carbocycles. The Bertz CT molecular complexity index is 1760. The van der Waals surface area contributed by atoms with Crippen LogP contribution in [0.5, 0.6) is 6.01 Å². The molecular weight excluding hydrogens is 574 g/mol.